The van der Waals surface area contributed by atoms with E-state index in [2.05, 4.69) is 13.8 Å². The molecule has 1 rings (SSSR count). The Hall–Kier alpha value is -1.84. The van der Waals surface area contributed by atoms with E-state index in [0.717, 1.165) is 44.1 Å². The van der Waals surface area contributed by atoms with Crippen LogP contribution >= 0.6 is 0 Å². The quantitative estimate of drug-likeness (QED) is 0.159. The molecule has 1 aromatic carbocycles. The number of rotatable bonds is 19. The zero-order chi connectivity index (χ0) is 23.4. The highest BCUT2D eigenvalue weighted by atomic mass is 16.5. The van der Waals surface area contributed by atoms with Gasteiger partial charge in [0.25, 0.3) is 0 Å². The van der Waals surface area contributed by atoms with Crippen molar-refractivity contribution in [2.75, 3.05) is 13.2 Å². The van der Waals surface area contributed by atoms with Gasteiger partial charge in [-0.3, -0.25) is 0 Å². The Morgan fingerprint density at radius 2 is 1.22 bits per heavy atom. The standard InChI is InChI=1S/C28H46O4/c1-4-7-9-11-12-13-14-15-16-18-23-32-27(29)25-22-19-21-24(20-17-10-8-5-2)26(25)28(30)31-6-3/h19,21-22H,4-18,20,23H2,1-3H3. The van der Waals surface area contributed by atoms with E-state index in [4.69, 9.17) is 9.47 Å². The van der Waals surface area contributed by atoms with Crippen molar-refractivity contribution < 1.29 is 19.1 Å². The molecule has 32 heavy (non-hydrogen) atoms. The fourth-order valence-corrected chi connectivity index (χ4v) is 4.00. The zero-order valence-electron chi connectivity index (χ0n) is 20.9. The topological polar surface area (TPSA) is 52.6 Å². The molecular formula is C28H46O4. The Kier molecular flexibility index (Phi) is 16.5. The van der Waals surface area contributed by atoms with Crippen LogP contribution in [0.1, 0.15) is 137 Å². The lowest BCUT2D eigenvalue weighted by atomic mass is 9.96. The van der Waals surface area contributed by atoms with Gasteiger partial charge in [0.15, 0.2) is 0 Å². The maximum atomic E-state index is 12.7. The van der Waals surface area contributed by atoms with Crippen molar-refractivity contribution >= 4 is 11.9 Å². The second-order valence-corrected chi connectivity index (χ2v) is 8.69. The zero-order valence-corrected chi connectivity index (χ0v) is 20.9. The largest absolute Gasteiger partial charge is 0.462 e. The van der Waals surface area contributed by atoms with Gasteiger partial charge in [-0.1, -0.05) is 103 Å². The first-order valence-corrected chi connectivity index (χ1v) is 13.1. The minimum Gasteiger partial charge on any atom is -0.462 e. The summed E-state index contributed by atoms with van der Waals surface area (Å²) in [7, 11) is 0. The maximum Gasteiger partial charge on any atom is 0.339 e. The van der Waals surface area contributed by atoms with Crippen LogP contribution in [0.2, 0.25) is 0 Å². The summed E-state index contributed by atoms with van der Waals surface area (Å²) in [5.74, 6) is -0.844. The molecule has 0 heterocycles. The summed E-state index contributed by atoms with van der Waals surface area (Å²) in [4.78, 5) is 25.3. The van der Waals surface area contributed by atoms with E-state index < -0.39 is 11.9 Å². The van der Waals surface area contributed by atoms with Crippen molar-refractivity contribution in [3.8, 4) is 0 Å². The van der Waals surface area contributed by atoms with E-state index in [1.807, 2.05) is 12.1 Å². The molecule has 0 aliphatic carbocycles. The fraction of sp³-hybridized carbons (Fsp3) is 0.714. The second kappa shape index (κ2) is 18.7. The van der Waals surface area contributed by atoms with Crippen molar-refractivity contribution in [3.05, 3.63) is 34.9 Å². The second-order valence-electron chi connectivity index (χ2n) is 8.69. The molecule has 4 heteroatoms. The Morgan fingerprint density at radius 1 is 0.656 bits per heavy atom. The van der Waals surface area contributed by atoms with E-state index in [1.54, 1.807) is 13.0 Å². The van der Waals surface area contributed by atoms with Crippen molar-refractivity contribution in [2.24, 2.45) is 0 Å². The highest BCUT2D eigenvalue weighted by Crippen LogP contribution is 2.21. The Balaban J connectivity index is 2.48. The number of esters is 2. The molecule has 0 fully saturated rings. The number of hydrogen-bond acceptors (Lipinski definition) is 4. The molecule has 1 aromatic rings. The van der Waals surface area contributed by atoms with Crippen LogP contribution in [0.5, 0.6) is 0 Å². The van der Waals surface area contributed by atoms with Gasteiger partial charge in [-0.15, -0.1) is 0 Å². The van der Waals surface area contributed by atoms with Gasteiger partial charge in [0.05, 0.1) is 24.3 Å². The molecular weight excluding hydrogens is 400 g/mol. The first-order chi connectivity index (χ1) is 15.7. The normalized spacial score (nSPS) is 10.8. The van der Waals surface area contributed by atoms with Crippen LogP contribution in [0.3, 0.4) is 0 Å². The van der Waals surface area contributed by atoms with Crippen molar-refractivity contribution in [1.82, 2.24) is 0 Å². The Labute approximate surface area is 196 Å². The molecule has 0 saturated heterocycles. The number of hydrogen-bond donors (Lipinski definition) is 0. The van der Waals surface area contributed by atoms with Gasteiger partial charge in [0.1, 0.15) is 0 Å². The molecule has 0 aromatic heterocycles. The lowest BCUT2D eigenvalue weighted by Gasteiger charge is -2.14. The Bertz CT molecular complexity index is 638. The molecule has 0 atom stereocenters. The van der Waals surface area contributed by atoms with Gasteiger partial charge in [0, 0.05) is 0 Å². The SMILES string of the molecule is CCCCCCCCCCCCOC(=O)c1cccc(CCCCCC)c1C(=O)OCC. The molecule has 0 bridgehead atoms. The van der Waals surface area contributed by atoms with Gasteiger partial charge < -0.3 is 9.47 Å². The minimum atomic E-state index is -0.426. The van der Waals surface area contributed by atoms with Crippen LogP contribution in [0, 0.1) is 0 Å². The summed E-state index contributed by atoms with van der Waals surface area (Å²) in [5, 5.41) is 0. The molecule has 0 radical (unpaired) electrons. The monoisotopic (exact) mass is 446 g/mol. The van der Waals surface area contributed by atoms with E-state index in [0.29, 0.717) is 17.7 Å². The molecule has 0 amide bonds. The fourth-order valence-electron chi connectivity index (χ4n) is 4.00. The lowest BCUT2D eigenvalue weighted by Crippen LogP contribution is -2.17. The summed E-state index contributed by atoms with van der Waals surface area (Å²) in [6.45, 7) is 6.89. The first kappa shape index (κ1) is 28.2. The summed E-state index contributed by atoms with van der Waals surface area (Å²) in [6, 6.07) is 5.45. The summed E-state index contributed by atoms with van der Waals surface area (Å²) >= 11 is 0. The van der Waals surface area contributed by atoms with Crippen LogP contribution in [0.25, 0.3) is 0 Å². The van der Waals surface area contributed by atoms with E-state index >= 15 is 0 Å². The average molecular weight is 447 g/mol. The molecule has 0 unspecified atom stereocenters. The highest BCUT2D eigenvalue weighted by Gasteiger charge is 2.22. The van der Waals surface area contributed by atoms with Crippen LogP contribution in [-0.2, 0) is 15.9 Å². The van der Waals surface area contributed by atoms with E-state index in [-0.39, 0.29) is 6.61 Å². The van der Waals surface area contributed by atoms with Gasteiger partial charge in [-0.25, -0.2) is 9.59 Å². The molecule has 0 saturated carbocycles. The van der Waals surface area contributed by atoms with Crippen LogP contribution in [0.4, 0.5) is 0 Å². The summed E-state index contributed by atoms with van der Waals surface area (Å²) in [6.07, 6.45) is 17.6. The number of carbonyl (C=O) groups is 2. The number of carbonyl (C=O) groups excluding carboxylic acids is 2. The van der Waals surface area contributed by atoms with Gasteiger partial charge in [0.2, 0.25) is 0 Å². The lowest BCUT2D eigenvalue weighted by molar-refractivity contribution is 0.0461. The van der Waals surface area contributed by atoms with E-state index in [9.17, 15) is 9.59 Å². The van der Waals surface area contributed by atoms with Gasteiger partial charge in [-0.05, 0) is 37.8 Å². The number of unbranched alkanes of at least 4 members (excludes halogenated alkanes) is 12. The minimum absolute atomic E-state index is 0.288. The summed E-state index contributed by atoms with van der Waals surface area (Å²) in [5.41, 5.74) is 1.61. The smallest absolute Gasteiger partial charge is 0.339 e. The maximum absolute atomic E-state index is 12.7. The van der Waals surface area contributed by atoms with Crippen LogP contribution in [0.15, 0.2) is 18.2 Å². The van der Waals surface area contributed by atoms with E-state index in [1.165, 1.54) is 57.8 Å². The number of aryl methyl sites for hydroxylation is 1. The Morgan fingerprint density at radius 3 is 1.81 bits per heavy atom. The first-order valence-electron chi connectivity index (χ1n) is 13.1. The van der Waals surface area contributed by atoms with Crippen molar-refractivity contribution in [2.45, 2.75) is 117 Å². The van der Waals surface area contributed by atoms with Crippen molar-refractivity contribution in [3.63, 3.8) is 0 Å². The third kappa shape index (κ3) is 11.7. The van der Waals surface area contributed by atoms with Crippen LogP contribution in [-0.4, -0.2) is 25.2 Å². The number of ether oxygens (including phenoxy) is 2. The molecule has 182 valence electrons. The third-order valence-electron chi connectivity index (χ3n) is 5.88. The molecule has 0 aliphatic rings. The number of benzene rings is 1. The molecule has 0 aliphatic heterocycles. The molecule has 0 spiro atoms. The highest BCUT2D eigenvalue weighted by molar-refractivity contribution is 6.04. The molecule has 0 N–H and O–H groups in total. The predicted octanol–water partition coefficient (Wildman–Crippen LogP) is 8.06. The van der Waals surface area contributed by atoms with Gasteiger partial charge >= 0.3 is 11.9 Å². The predicted molar refractivity (Wildman–Crippen MR) is 132 cm³/mol. The average Bonchev–Trinajstić information content (AvgIpc) is 2.80. The van der Waals surface area contributed by atoms with Crippen LogP contribution < -0.4 is 0 Å². The summed E-state index contributed by atoms with van der Waals surface area (Å²) < 4.78 is 10.8. The molecule has 4 nitrogen and oxygen atoms in total. The van der Waals surface area contributed by atoms with Crippen molar-refractivity contribution in [1.29, 1.82) is 0 Å². The third-order valence-corrected chi connectivity index (χ3v) is 5.88. The van der Waals surface area contributed by atoms with Gasteiger partial charge in [-0.2, -0.15) is 0 Å².